The third-order valence-electron chi connectivity index (χ3n) is 3.80. The van der Waals surface area contributed by atoms with Crippen molar-refractivity contribution in [2.75, 3.05) is 12.0 Å². The summed E-state index contributed by atoms with van der Waals surface area (Å²) >= 11 is 1.75. The summed E-state index contributed by atoms with van der Waals surface area (Å²) in [7, 11) is 0. The van der Waals surface area contributed by atoms with Crippen LogP contribution in [0.4, 0.5) is 0 Å². The Morgan fingerprint density at radius 3 is 2.20 bits per heavy atom. The van der Waals surface area contributed by atoms with Gasteiger partial charge in [-0.15, -0.1) is 0 Å². The first-order chi connectivity index (χ1) is 6.92. The number of carboxylic acids is 1. The summed E-state index contributed by atoms with van der Waals surface area (Å²) in [4.78, 5) is 11.4. The zero-order valence-electron chi connectivity index (χ0n) is 10.0. The van der Waals surface area contributed by atoms with Gasteiger partial charge in [0.2, 0.25) is 0 Å². The molecule has 1 saturated carbocycles. The van der Waals surface area contributed by atoms with Crippen LogP contribution in [-0.4, -0.2) is 23.1 Å². The van der Waals surface area contributed by atoms with Crippen molar-refractivity contribution in [3.63, 3.8) is 0 Å². The van der Waals surface area contributed by atoms with Crippen molar-refractivity contribution in [3.05, 3.63) is 0 Å². The van der Waals surface area contributed by atoms with Crippen LogP contribution in [0.15, 0.2) is 0 Å². The summed E-state index contributed by atoms with van der Waals surface area (Å²) in [6, 6.07) is 0. The van der Waals surface area contributed by atoms with Gasteiger partial charge in [0, 0.05) is 0 Å². The molecular formula is C12H22O2S. The molecule has 0 aliphatic heterocycles. The first kappa shape index (κ1) is 12.9. The summed E-state index contributed by atoms with van der Waals surface area (Å²) in [5, 5.41) is 9.38. The summed E-state index contributed by atoms with van der Waals surface area (Å²) in [6.45, 7) is 4.49. The quantitative estimate of drug-likeness (QED) is 0.804. The smallest absolute Gasteiger partial charge is 0.309 e. The Hall–Kier alpha value is -0.180. The van der Waals surface area contributed by atoms with E-state index in [-0.39, 0.29) is 0 Å². The second kappa shape index (κ2) is 4.77. The molecular weight excluding hydrogens is 208 g/mol. The lowest BCUT2D eigenvalue weighted by molar-refractivity contribution is -0.152. The molecule has 3 heteroatoms. The van der Waals surface area contributed by atoms with Crippen LogP contribution < -0.4 is 0 Å². The molecule has 0 aromatic carbocycles. The lowest BCUT2D eigenvalue weighted by atomic mass is 9.64. The van der Waals surface area contributed by atoms with Gasteiger partial charge >= 0.3 is 5.97 Å². The minimum absolute atomic E-state index is 0.346. The zero-order valence-corrected chi connectivity index (χ0v) is 10.8. The highest BCUT2D eigenvalue weighted by atomic mass is 32.2. The van der Waals surface area contributed by atoms with Crippen molar-refractivity contribution in [2.24, 2.45) is 10.8 Å². The Morgan fingerprint density at radius 2 is 1.80 bits per heavy atom. The van der Waals surface area contributed by atoms with Gasteiger partial charge in [-0.25, -0.2) is 0 Å². The fraction of sp³-hybridized carbons (Fsp3) is 0.917. The maximum absolute atomic E-state index is 11.4. The van der Waals surface area contributed by atoms with E-state index in [9.17, 15) is 9.90 Å². The standard InChI is InChI=1S/C12H22O2S/c1-11(2)4-6-12(7-5-11,10(13)14)8-9-15-3/h4-9H2,1-3H3,(H,13,14). The van der Waals surface area contributed by atoms with Gasteiger partial charge in [0.25, 0.3) is 0 Å². The number of hydrogen-bond donors (Lipinski definition) is 1. The van der Waals surface area contributed by atoms with Gasteiger partial charge in [-0.05, 0) is 49.5 Å². The maximum atomic E-state index is 11.4. The molecule has 0 amide bonds. The van der Waals surface area contributed by atoms with Gasteiger partial charge in [0.1, 0.15) is 0 Å². The van der Waals surface area contributed by atoms with Crippen LogP contribution in [0.2, 0.25) is 0 Å². The predicted molar refractivity (Wildman–Crippen MR) is 65.3 cm³/mol. The minimum atomic E-state index is -0.577. The lowest BCUT2D eigenvalue weighted by Gasteiger charge is -2.40. The van der Waals surface area contributed by atoms with E-state index in [4.69, 9.17) is 0 Å². The Balaban J connectivity index is 2.65. The van der Waals surface area contributed by atoms with Gasteiger partial charge in [-0.2, -0.15) is 11.8 Å². The molecule has 0 radical (unpaired) electrons. The van der Waals surface area contributed by atoms with E-state index < -0.39 is 11.4 Å². The van der Waals surface area contributed by atoms with Crippen LogP contribution in [0.25, 0.3) is 0 Å². The molecule has 0 saturated heterocycles. The monoisotopic (exact) mass is 230 g/mol. The van der Waals surface area contributed by atoms with E-state index >= 15 is 0 Å². The van der Waals surface area contributed by atoms with Crippen molar-refractivity contribution in [3.8, 4) is 0 Å². The summed E-state index contributed by atoms with van der Waals surface area (Å²) in [5.74, 6) is 0.388. The summed E-state index contributed by atoms with van der Waals surface area (Å²) in [5.41, 5.74) is -0.0726. The zero-order chi connectivity index (χ0) is 11.5. The van der Waals surface area contributed by atoms with Crippen molar-refractivity contribution < 1.29 is 9.90 Å². The Kier molecular flexibility index (Phi) is 4.10. The Morgan fingerprint density at radius 1 is 1.27 bits per heavy atom. The predicted octanol–water partition coefficient (Wildman–Crippen LogP) is 3.41. The average molecular weight is 230 g/mol. The molecule has 1 fully saturated rings. The molecule has 0 aromatic rings. The molecule has 0 bridgehead atoms. The summed E-state index contributed by atoms with van der Waals surface area (Å²) in [6.07, 6.45) is 6.69. The molecule has 1 rings (SSSR count). The van der Waals surface area contributed by atoms with E-state index in [1.165, 1.54) is 0 Å². The minimum Gasteiger partial charge on any atom is -0.481 e. The van der Waals surface area contributed by atoms with Crippen molar-refractivity contribution in [1.29, 1.82) is 0 Å². The molecule has 1 aliphatic rings. The molecule has 88 valence electrons. The molecule has 1 aliphatic carbocycles. The Bertz CT molecular complexity index is 226. The number of carboxylic acid groups (broad SMARTS) is 1. The van der Waals surface area contributed by atoms with E-state index in [0.717, 1.165) is 37.9 Å². The number of thioether (sulfide) groups is 1. The second-order valence-corrected chi connectivity index (χ2v) is 6.48. The third-order valence-corrected chi connectivity index (χ3v) is 4.41. The van der Waals surface area contributed by atoms with Crippen molar-refractivity contribution in [2.45, 2.75) is 46.0 Å². The number of aliphatic carboxylic acids is 1. The normalized spacial score (nSPS) is 23.7. The largest absolute Gasteiger partial charge is 0.481 e. The fourth-order valence-corrected chi connectivity index (χ4v) is 2.87. The Labute approximate surface area is 96.8 Å². The van der Waals surface area contributed by atoms with E-state index in [2.05, 4.69) is 13.8 Å². The number of hydrogen-bond acceptors (Lipinski definition) is 2. The molecule has 0 spiro atoms. The lowest BCUT2D eigenvalue weighted by Crippen LogP contribution is -2.38. The highest BCUT2D eigenvalue weighted by molar-refractivity contribution is 7.98. The molecule has 15 heavy (non-hydrogen) atoms. The molecule has 0 unspecified atom stereocenters. The van der Waals surface area contributed by atoms with E-state index in [0.29, 0.717) is 5.41 Å². The number of rotatable bonds is 4. The van der Waals surface area contributed by atoms with Crippen molar-refractivity contribution in [1.82, 2.24) is 0 Å². The van der Waals surface area contributed by atoms with Crippen LogP contribution in [0.5, 0.6) is 0 Å². The SMILES string of the molecule is CSCCC1(C(=O)O)CCC(C)(C)CC1. The average Bonchev–Trinajstić information content (AvgIpc) is 2.16. The van der Waals surface area contributed by atoms with Crippen LogP contribution >= 0.6 is 11.8 Å². The molecule has 0 aromatic heterocycles. The van der Waals surface area contributed by atoms with Gasteiger partial charge in [0.05, 0.1) is 5.41 Å². The highest BCUT2D eigenvalue weighted by Gasteiger charge is 2.43. The molecule has 1 N–H and O–H groups in total. The van der Waals surface area contributed by atoms with E-state index in [1.807, 2.05) is 6.26 Å². The van der Waals surface area contributed by atoms with Crippen LogP contribution in [0.1, 0.15) is 46.0 Å². The first-order valence-electron chi connectivity index (χ1n) is 5.64. The molecule has 0 heterocycles. The number of carbonyl (C=O) groups is 1. The topological polar surface area (TPSA) is 37.3 Å². The third kappa shape index (κ3) is 3.13. The summed E-state index contributed by atoms with van der Waals surface area (Å²) < 4.78 is 0. The molecule has 2 nitrogen and oxygen atoms in total. The first-order valence-corrected chi connectivity index (χ1v) is 7.04. The second-order valence-electron chi connectivity index (χ2n) is 5.49. The van der Waals surface area contributed by atoms with Crippen LogP contribution in [-0.2, 0) is 4.79 Å². The van der Waals surface area contributed by atoms with E-state index in [1.54, 1.807) is 11.8 Å². The van der Waals surface area contributed by atoms with Crippen LogP contribution in [0.3, 0.4) is 0 Å². The maximum Gasteiger partial charge on any atom is 0.309 e. The van der Waals surface area contributed by atoms with Gasteiger partial charge in [0.15, 0.2) is 0 Å². The molecule has 0 atom stereocenters. The fourth-order valence-electron chi connectivity index (χ4n) is 2.27. The van der Waals surface area contributed by atoms with Gasteiger partial charge in [-0.3, -0.25) is 4.79 Å². The van der Waals surface area contributed by atoms with Crippen molar-refractivity contribution >= 4 is 17.7 Å². The van der Waals surface area contributed by atoms with Gasteiger partial charge in [-0.1, -0.05) is 13.8 Å². The van der Waals surface area contributed by atoms with Crippen LogP contribution in [0, 0.1) is 10.8 Å². The highest BCUT2D eigenvalue weighted by Crippen LogP contribution is 2.47. The van der Waals surface area contributed by atoms with Gasteiger partial charge < -0.3 is 5.11 Å².